The summed E-state index contributed by atoms with van der Waals surface area (Å²) in [5, 5.41) is 13.0. The standard InChI is InChI=1S/C14H25NO2/c1-14(2)9-5-6-10(14)13(17)15-11-7-3-4-8-12(11)16/h10-12,16H,3-9H2,1-2H3,(H,15,17)/t10?,11-,12-/m1/s1. The van der Waals surface area contributed by atoms with Crippen LogP contribution in [0.15, 0.2) is 0 Å². The topological polar surface area (TPSA) is 49.3 Å². The molecule has 2 saturated carbocycles. The van der Waals surface area contributed by atoms with Gasteiger partial charge in [-0.1, -0.05) is 33.1 Å². The highest BCUT2D eigenvalue weighted by atomic mass is 16.3. The predicted molar refractivity (Wildman–Crippen MR) is 67.5 cm³/mol. The summed E-state index contributed by atoms with van der Waals surface area (Å²) in [6, 6.07) is -0.00681. The van der Waals surface area contributed by atoms with Gasteiger partial charge >= 0.3 is 0 Å². The molecule has 98 valence electrons. The van der Waals surface area contributed by atoms with Crippen LogP contribution in [0, 0.1) is 11.3 Å². The number of aliphatic hydroxyl groups is 1. The van der Waals surface area contributed by atoms with Crippen LogP contribution in [0.1, 0.15) is 58.8 Å². The van der Waals surface area contributed by atoms with Gasteiger partial charge in [-0.25, -0.2) is 0 Å². The van der Waals surface area contributed by atoms with Crippen LogP contribution < -0.4 is 5.32 Å². The Morgan fingerprint density at radius 2 is 1.88 bits per heavy atom. The molecule has 0 bridgehead atoms. The molecule has 1 amide bonds. The zero-order valence-corrected chi connectivity index (χ0v) is 11.0. The van der Waals surface area contributed by atoms with Gasteiger partial charge in [-0.2, -0.15) is 0 Å². The third-order valence-electron chi connectivity index (χ3n) is 4.63. The van der Waals surface area contributed by atoms with E-state index in [0.717, 1.165) is 44.9 Å². The quantitative estimate of drug-likeness (QED) is 0.776. The lowest BCUT2D eigenvalue weighted by molar-refractivity contribution is -0.129. The average molecular weight is 239 g/mol. The normalized spacial score (nSPS) is 36.8. The largest absolute Gasteiger partial charge is 0.391 e. The Balaban J connectivity index is 1.92. The second-order valence-electron chi connectivity index (χ2n) is 6.40. The summed E-state index contributed by atoms with van der Waals surface area (Å²) in [7, 11) is 0. The van der Waals surface area contributed by atoms with Gasteiger partial charge in [-0.05, 0) is 31.1 Å². The summed E-state index contributed by atoms with van der Waals surface area (Å²) >= 11 is 0. The zero-order valence-electron chi connectivity index (χ0n) is 11.0. The molecule has 3 nitrogen and oxygen atoms in total. The van der Waals surface area contributed by atoms with Crippen LogP contribution in [0.2, 0.25) is 0 Å². The first-order valence-corrected chi connectivity index (χ1v) is 6.99. The summed E-state index contributed by atoms with van der Waals surface area (Å²) in [4.78, 5) is 12.3. The van der Waals surface area contributed by atoms with Gasteiger partial charge in [-0.3, -0.25) is 4.79 Å². The number of nitrogens with one attached hydrogen (secondary N) is 1. The van der Waals surface area contributed by atoms with E-state index in [9.17, 15) is 9.90 Å². The Kier molecular flexibility index (Phi) is 3.76. The van der Waals surface area contributed by atoms with Crippen molar-refractivity contribution in [1.29, 1.82) is 0 Å². The molecule has 0 aromatic heterocycles. The lowest BCUT2D eigenvalue weighted by atomic mass is 9.81. The van der Waals surface area contributed by atoms with Crippen LogP contribution in [-0.4, -0.2) is 23.2 Å². The molecule has 2 N–H and O–H groups in total. The van der Waals surface area contributed by atoms with Gasteiger partial charge < -0.3 is 10.4 Å². The van der Waals surface area contributed by atoms with Gasteiger partial charge in [0.05, 0.1) is 12.1 Å². The first kappa shape index (κ1) is 12.9. The number of aliphatic hydroxyl groups excluding tert-OH is 1. The van der Waals surface area contributed by atoms with E-state index in [1.54, 1.807) is 0 Å². The number of amides is 1. The number of carbonyl (C=O) groups is 1. The Morgan fingerprint density at radius 1 is 1.18 bits per heavy atom. The summed E-state index contributed by atoms with van der Waals surface area (Å²) in [6.45, 7) is 4.36. The molecule has 0 spiro atoms. The number of rotatable bonds is 2. The summed E-state index contributed by atoms with van der Waals surface area (Å²) in [5.74, 6) is 0.301. The molecule has 2 aliphatic carbocycles. The first-order valence-electron chi connectivity index (χ1n) is 6.99. The molecule has 17 heavy (non-hydrogen) atoms. The molecule has 0 heterocycles. The summed E-state index contributed by atoms with van der Waals surface area (Å²) < 4.78 is 0. The van der Waals surface area contributed by atoms with Crippen LogP contribution in [0.5, 0.6) is 0 Å². The first-order chi connectivity index (χ1) is 8.00. The molecule has 0 aromatic carbocycles. The second kappa shape index (κ2) is 4.97. The van der Waals surface area contributed by atoms with Crippen LogP contribution in [0.25, 0.3) is 0 Å². The maximum absolute atomic E-state index is 12.3. The molecule has 1 unspecified atom stereocenters. The van der Waals surface area contributed by atoms with E-state index in [-0.39, 0.29) is 29.4 Å². The fourth-order valence-corrected chi connectivity index (χ4v) is 3.38. The van der Waals surface area contributed by atoms with Gasteiger partial charge in [0.1, 0.15) is 0 Å². The molecule has 2 aliphatic rings. The van der Waals surface area contributed by atoms with Crippen molar-refractivity contribution in [3.8, 4) is 0 Å². The van der Waals surface area contributed by atoms with Crippen molar-refractivity contribution in [3.05, 3.63) is 0 Å². The molecule has 0 radical (unpaired) electrons. The highest BCUT2D eigenvalue weighted by Gasteiger charge is 2.40. The minimum atomic E-state index is -0.336. The van der Waals surface area contributed by atoms with Crippen LogP contribution in [0.4, 0.5) is 0 Å². The van der Waals surface area contributed by atoms with Gasteiger partial charge in [0.15, 0.2) is 0 Å². The van der Waals surface area contributed by atoms with Gasteiger partial charge in [0.2, 0.25) is 5.91 Å². The molecular formula is C14H25NO2. The Labute approximate surface area is 104 Å². The van der Waals surface area contributed by atoms with Gasteiger partial charge in [0, 0.05) is 5.92 Å². The van der Waals surface area contributed by atoms with Crippen molar-refractivity contribution < 1.29 is 9.90 Å². The van der Waals surface area contributed by atoms with Crippen LogP contribution in [0.3, 0.4) is 0 Å². The zero-order chi connectivity index (χ0) is 12.5. The molecule has 2 rings (SSSR count). The third-order valence-corrected chi connectivity index (χ3v) is 4.63. The van der Waals surface area contributed by atoms with Crippen molar-refractivity contribution in [2.24, 2.45) is 11.3 Å². The highest BCUT2D eigenvalue weighted by molar-refractivity contribution is 5.80. The van der Waals surface area contributed by atoms with E-state index in [1.165, 1.54) is 0 Å². The van der Waals surface area contributed by atoms with Crippen LogP contribution >= 0.6 is 0 Å². The Hall–Kier alpha value is -0.570. The van der Waals surface area contributed by atoms with Gasteiger partial charge in [-0.15, -0.1) is 0 Å². The van der Waals surface area contributed by atoms with E-state index in [0.29, 0.717) is 0 Å². The number of carbonyl (C=O) groups excluding carboxylic acids is 1. The Bertz CT molecular complexity index is 288. The van der Waals surface area contributed by atoms with E-state index < -0.39 is 0 Å². The van der Waals surface area contributed by atoms with E-state index in [1.807, 2.05) is 0 Å². The van der Waals surface area contributed by atoms with Crippen molar-refractivity contribution in [1.82, 2.24) is 5.32 Å². The lowest BCUT2D eigenvalue weighted by Crippen LogP contribution is -2.48. The van der Waals surface area contributed by atoms with E-state index >= 15 is 0 Å². The Morgan fingerprint density at radius 3 is 2.47 bits per heavy atom. The highest BCUT2D eigenvalue weighted by Crippen LogP contribution is 2.42. The molecular weight excluding hydrogens is 214 g/mol. The smallest absolute Gasteiger partial charge is 0.223 e. The monoisotopic (exact) mass is 239 g/mol. The molecule has 3 atom stereocenters. The maximum Gasteiger partial charge on any atom is 0.223 e. The predicted octanol–water partition coefficient (Wildman–Crippen LogP) is 2.23. The molecule has 3 heteroatoms. The lowest BCUT2D eigenvalue weighted by Gasteiger charge is -2.32. The molecule has 0 aliphatic heterocycles. The fourth-order valence-electron chi connectivity index (χ4n) is 3.38. The third kappa shape index (κ3) is 2.82. The van der Waals surface area contributed by atoms with Gasteiger partial charge in [0.25, 0.3) is 0 Å². The van der Waals surface area contributed by atoms with Crippen molar-refractivity contribution in [3.63, 3.8) is 0 Å². The average Bonchev–Trinajstić information content (AvgIpc) is 2.61. The minimum Gasteiger partial charge on any atom is -0.391 e. The summed E-state index contributed by atoms with van der Waals surface area (Å²) in [6.07, 6.45) is 6.92. The van der Waals surface area contributed by atoms with Crippen molar-refractivity contribution >= 4 is 5.91 Å². The number of hydrogen-bond acceptors (Lipinski definition) is 2. The maximum atomic E-state index is 12.3. The molecule has 0 saturated heterocycles. The van der Waals surface area contributed by atoms with E-state index in [4.69, 9.17) is 0 Å². The molecule has 2 fully saturated rings. The van der Waals surface area contributed by atoms with E-state index in [2.05, 4.69) is 19.2 Å². The SMILES string of the molecule is CC1(C)CCCC1C(=O)N[C@@H]1CCCC[C@H]1O. The minimum absolute atomic E-state index is 0.00681. The van der Waals surface area contributed by atoms with Crippen LogP contribution in [-0.2, 0) is 4.79 Å². The number of hydrogen-bond donors (Lipinski definition) is 2. The van der Waals surface area contributed by atoms with Crippen molar-refractivity contribution in [2.75, 3.05) is 0 Å². The molecule has 0 aromatic rings. The van der Waals surface area contributed by atoms with Crippen molar-refractivity contribution in [2.45, 2.75) is 70.9 Å². The second-order valence-corrected chi connectivity index (χ2v) is 6.40. The fraction of sp³-hybridized carbons (Fsp3) is 0.929. The summed E-state index contributed by atoms with van der Waals surface area (Å²) in [5.41, 5.74) is 0.129.